The number of amides is 2. The van der Waals surface area contributed by atoms with E-state index in [1.165, 1.54) is 11.1 Å². The van der Waals surface area contributed by atoms with Gasteiger partial charge >= 0.3 is 12.1 Å². The first-order chi connectivity index (χ1) is 16.3. The van der Waals surface area contributed by atoms with E-state index in [0.29, 0.717) is 19.5 Å². The van der Waals surface area contributed by atoms with Crippen LogP contribution in [-0.4, -0.2) is 53.7 Å². The number of alkyl carbamates (subject to hydrolysis) is 1. The topological polar surface area (TPSA) is 95.9 Å². The predicted octanol–water partition coefficient (Wildman–Crippen LogP) is 4.65. The van der Waals surface area contributed by atoms with E-state index in [0.717, 1.165) is 11.1 Å². The third kappa shape index (κ3) is 6.16. The third-order valence-electron chi connectivity index (χ3n) is 6.40. The maximum atomic E-state index is 12.8. The molecule has 1 unspecified atom stereocenters. The molecule has 7 heteroatoms. The zero-order chi connectivity index (χ0) is 24.7. The van der Waals surface area contributed by atoms with Crippen LogP contribution in [0.1, 0.15) is 57.1 Å². The molecule has 0 aliphatic heterocycles. The molecule has 2 N–H and O–H groups in total. The molecule has 2 aromatic rings. The van der Waals surface area contributed by atoms with Crippen molar-refractivity contribution in [2.75, 3.05) is 19.7 Å². The lowest BCUT2D eigenvalue weighted by Gasteiger charge is -2.26. The second-order valence-electron chi connectivity index (χ2n) is 9.00. The van der Waals surface area contributed by atoms with Crippen LogP contribution >= 0.6 is 0 Å². The second kappa shape index (κ2) is 11.7. The molecule has 1 aliphatic rings. The van der Waals surface area contributed by atoms with Crippen molar-refractivity contribution in [2.24, 2.45) is 5.92 Å². The summed E-state index contributed by atoms with van der Waals surface area (Å²) in [6.07, 6.45) is 0.0291. The van der Waals surface area contributed by atoms with Crippen molar-refractivity contribution >= 4 is 18.0 Å². The van der Waals surface area contributed by atoms with E-state index in [9.17, 15) is 14.4 Å². The van der Waals surface area contributed by atoms with Gasteiger partial charge in [-0.1, -0.05) is 62.4 Å². The number of nitrogens with zero attached hydrogens (tertiary/aromatic N) is 1. The fourth-order valence-electron chi connectivity index (χ4n) is 4.44. The van der Waals surface area contributed by atoms with Gasteiger partial charge in [0, 0.05) is 37.9 Å². The Hall–Kier alpha value is -3.35. The highest BCUT2D eigenvalue weighted by Gasteiger charge is 2.30. The Morgan fingerprint density at radius 3 is 2.15 bits per heavy atom. The van der Waals surface area contributed by atoms with Gasteiger partial charge in [-0.3, -0.25) is 9.59 Å². The highest BCUT2D eigenvalue weighted by atomic mass is 16.5. The maximum absolute atomic E-state index is 12.8. The van der Waals surface area contributed by atoms with Gasteiger partial charge in [0.2, 0.25) is 5.91 Å². The van der Waals surface area contributed by atoms with Crippen LogP contribution in [-0.2, 0) is 14.3 Å². The Balaban J connectivity index is 1.58. The number of ether oxygens (including phenoxy) is 1. The minimum absolute atomic E-state index is 0.0232. The predicted molar refractivity (Wildman–Crippen MR) is 131 cm³/mol. The van der Waals surface area contributed by atoms with Crippen LogP contribution in [0.25, 0.3) is 11.1 Å². The number of nitrogens with one attached hydrogen (secondary N) is 1. The van der Waals surface area contributed by atoms with Crippen molar-refractivity contribution < 1.29 is 24.2 Å². The van der Waals surface area contributed by atoms with Crippen molar-refractivity contribution in [3.8, 4) is 11.1 Å². The Labute approximate surface area is 201 Å². The molecule has 182 valence electrons. The summed E-state index contributed by atoms with van der Waals surface area (Å²) >= 11 is 0. The molecular weight excluding hydrogens is 432 g/mol. The number of benzene rings is 2. The summed E-state index contributed by atoms with van der Waals surface area (Å²) in [5, 5.41) is 11.7. The average molecular weight is 467 g/mol. The SMILES string of the molecule is CCN(CCCC(=O)O)C(=O)CC(NC(=O)OCC1c2ccccc2-c2ccccc21)C(C)C. The lowest BCUT2D eigenvalue weighted by atomic mass is 9.98. The molecular formula is C27H34N2O5. The molecule has 3 rings (SSSR count). The lowest BCUT2D eigenvalue weighted by molar-refractivity contribution is -0.138. The first kappa shape index (κ1) is 25.3. The Morgan fingerprint density at radius 2 is 1.62 bits per heavy atom. The molecule has 0 bridgehead atoms. The van der Waals surface area contributed by atoms with E-state index >= 15 is 0 Å². The Kier molecular flexibility index (Phi) is 8.68. The summed E-state index contributed by atoms with van der Waals surface area (Å²) in [4.78, 5) is 37.8. The van der Waals surface area contributed by atoms with E-state index in [1.54, 1.807) is 4.90 Å². The zero-order valence-corrected chi connectivity index (χ0v) is 20.1. The molecule has 0 saturated heterocycles. The summed E-state index contributed by atoms with van der Waals surface area (Å²) in [6.45, 7) is 6.85. The number of rotatable bonds is 11. The number of carbonyl (C=O) groups excluding carboxylic acids is 2. The van der Waals surface area contributed by atoms with E-state index in [2.05, 4.69) is 29.6 Å². The van der Waals surface area contributed by atoms with Crippen molar-refractivity contribution in [3.63, 3.8) is 0 Å². The van der Waals surface area contributed by atoms with E-state index in [4.69, 9.17) is 9.84 Å². The molecule has 0 radical (unpaired) electrons. The van der Waals surface area contributed by atoms with E-state index < -0.39 is 12.1 Å². The quantitative estimate of drug-likeness (QED) is 0.502. The summed E-state index contributed by atoms with van der Waals surface area (Å²) < 4.78 is 5.64. The molecule has 0 spiro atoms. The third-order valence-corrected chi connectivity index (χ3v) is 6.40. The van der Waals surface area contributed by atoms with Gasteiger partial charge in [-0.15, -0.1) is 0 Å². The van der Waals surface area contributed by atoms with Crippen LogP contribution in [0, 0.1) is 5.92 Å². The van der Waals surface area contributed by atoms with Crippen LogP contribution in [0.3, 0.4) is 0 Å². The second-order valence-corrected chi connectivity index (χ2v) is 9.00. The van der Waals surface area contributed by atoms with Crippen molar-refractivity contribution in [1.29, 1.82) is 0 Å². The van der Waals surface area contributed by atoms with Crippen LogP contribution < -0.4 is 5.32 Å². The maximum Gasteiger partial charge on any atom is 0.407 e. The zero-order valence-electron chi connectivity index (χ0n) is 20.1. The summed E-state index contributed by atoms with van der Waals surface area (Å²) in [7, 11) is 0. The van der Waals surface area contributed by atoms with Gasteiger partial charge in [0.25, 0.3) is 0 Å². The van der Waals surface area contributed by atoms with Crippen LogP contribution in [0.2, 0.25) is 0 Å². The van der Waals surface area contributed by atoms with Gasteiger partial charge in [0.1, 0.15) is 6.61 Å². The number of fused-ring (bicyclic) bond motifs is 3. The van der Waals surface area contributed by atoms with Gasteiger partial charge in [0.05, 0.1) is 0 Å². The molecule has 1 aliphatic carbocycles. The van der Waals surface area contributed by atoms with Gasteiger partial charge in [-0.05, 0) is 41.5 Å². The molecule has 0 aromatic heterocycles. The minimum atomic E-state index is -0.875. The highest BCUT2D eigenvalue weighted by molar-refractivity contribution is 5.79. The van der Waals surface area contributed by atoms with Crippen molar-refractivity contribution in [3.05, 3.63) is 59.7 Å². The van der Waals surface area contributed by atoms with E-state index in [1.807, 2.05) is 45.0 Å². The molecule has 0 heterocycles. The van der Waals surface area contributed by atoms with Gasteiger partial charge < -0.3 is 20.1 Å². The molecule has 0 fully saturated rings. The molecule has 1 atom stereocenters. The first-order valence-electron chi connectivity index (χ1n) is 11.9. The number of carboxylic acids is 1. The van der Waals surface area contributed by atoms with Crippen LogP contribution in [0.4, 0.5) is 4.79 Å². The standard InChI is InChI=1S/C27H34N2O5/c1-4-29(15-9-14-26(31)32)25(30)16-24(18(2)3)28-27(33)34-17-23-21-12-7-5-10-19(21)20-11-6-8-13-22(20)23/h5-8,10-13,18,23-24H,4,9,14-17H2,1-3H3,(H,28,33)(H,31,32). The largest absolute Gasteiger partial charge is 0.481 e. The first-order valence-corrected chi connectivity index (χ1v) is 11.9. The Bertz CT molecular complexity index is 974. The molecule has 0 saturated carbocycles. The fourth-order valence-corrected chi connectivity index (χ4v) is 4.44. The molecule has 34 heavy (non-hydrogen) atoms. The molecule has 7 nitrogen and oxygen atoms in total. The number of hydrogen-bond donors (Lipinski definition) is 2. The summed E-state index contributed by atoms with van der Waals surface area (Å²) in [5.41, 5.74) is 4.62. The number of carbonyl (C=O) groups is 3. The summed E-state index contributed by atoms with van der Waals surface area (Å²) in [6, 6.07) is 15.9. The minimum Gasteiger partial charge on any atom is -0.481 e. The monoisotopic (exact) mass is 466 g/mol. The highest BCUT2D eigenvalue weighted by Crippen LogP contribution is 2.44. The normalized spacial score (nSPS) is 13.2. The van der Waals surface area contributed by atoms with Crippen LogP contribution in [0.15, 0.2) is 48.5 Å². The summed E-state index contributed by atoms with van der Waals surface area (Å²) in [5.74, 6) is -0.977. The Morgan fingerprint density at radius 1 is 1.03 bits per heavy atom. The average Bonchev–Trinajstić information content (AvgIpc) is 3.13. The molecule has 2 amide bonds. The number of aliphatic carboxylic acids is 1. The number of hydrogen-bond acceptors (Lipinski definition) is 4. The van der Waals surface area contributed by atoms with Crippen LogP contribution in [0.5, 0.6) is 0 Å². The molecule has 2 aromatic carbocycles. The van der Waals surface area contributed by atoms with Crippen molar-refractivity contribution in [2.45, 2.75) is 52.0 Å². The smallest absolute Gasteiger partial charge is 0.407 e. The van der Waals surface area contributed by atoms with E-state index in [-0.39, 0.29) is 43.2 Å². The van der Waals surface area contributed by atoms with Crippen molar-refractivity contribution in [1.82, 2.24) is 10.2 Å². The van der Waals surface area contributed by atoms with Gasteiger partial charge in [-0.2, -0.15) is 0 Å². The number of carboxylic acid groups (broad SMARTS) is 1. The van der Waals surface area contributed by atoms with Gasteiger partial charge in [-0.25, -0.2) is 4.79 Å². The lowest BCUT2D eigenvalue weighted by Crippen LogP contribution is -2.44. The fraction of sp³-hybridized carbons (Fsp3) is 0.444. The van der Waals surface area contributed by atoms with Gasteiger partial charge in [0.15, 0.2) is 0 Å².